The Bertz CT molecular complexity index is 688. The molecule has 0 saturated carbocycles. The van der Waals surface area contributed by atoms with E-state index in [1.165, 1.54) is 19.3 Å². The Hall–Kier alpha value is -2.26. The van der Waals surface area contributed by atoms with Gasteiger partial charge in [-0.05, 0) is 25.1 Å². The molecule has 0 bridgehead atoms. The zero-order valence-electron chi connectivity index (χ0n) is 11.8. The lowest BCUT2D eigenvalue weighted by molar-refractivity contribution is 0.104. The van der Waals surface area contributed by atoms with Crippen molar-refractivity contribution >= 4 is 23.5 Å². The number of phenolic OH excluding ortho intramolecular Hbond substituents is 1. The third kappa shape index (κ3) is 3.64. The van der Waals surface area contributed by atoms with Gasteiger partial charge in [-0.25, -0.2) is 0 Å². The first kappa shape index (κ1) is 15.1. The maximum atomic E-state index is 12.1. The summed E-state index contributed by atoms with van der Waals surface area (Å²) in [6.07, 6.45) is 3.07. The Labute approximate surface area is 128 Å². The second-order valence-electron chi connectivity index (χ2n) is 4.61. The zero-order valence-corrected chi connectivity index (χ0v) is 12.5. The van der Waals surface area contributed by atoms with Gasteiger partial charge in [-0.15, -0.1) is 0 Å². The van der Waals surface area contributed by atoms with Crippen LogP contribution in [0.3, 0.4) is 0 Å². The van der Waals surface area contributed by atoms with E-state index in [4.69, 9.17) is 16.3 Å². The highest BCUT2D eigenvalue weighted by Gasteiger charge is 2.07. The molecular formula is C17H15ClO3. The number of aromatic hydroxyl groups is 1. The number of rotatable bonds is 4. The van der Waals surface area contributed by atoms with Crippen LogP contribution in [0.5, 0.6) is 11.5 Å². The van der Waals surface area contributed by atoms with Crippen molar-refractivity contribution in [2.24, 2.45) is 0 Å². The minimum Gasteiger partial charge on any atom is -0.506 e. The van der Waals surface area contributed by atoms with Gasteiger partial charge in [0.2, 0.25) is 0 Å². The van der Waals surface area contributed by atoms with Crippen molar-refractivity contribution in [3.05, 3.63) is 64.2 Å². The molecular weight excluding hydrogens is 288 g/mol. The van der Waals surface area contributed by atoms with E-state index in [-0.39, 0.29) is 16.6 Å². The highest BCUT2D eigenvalue weighted by molar-refractivity contribution is 6.32. The van der Waals surface area contributed by atoms with Crippen LogP contribution in [0.25, 0.3) is 6.08 Å². The quantitative estimate of drug-likeness (QED) is 0.678. The summed E-state index contributed by atoms with van der Waals surface area (Å²) < 4.78 is 5.15. The first-order chi connectivity index (χ1) is 10.0. The summed E-state index contributed by atoms with van der Waals surface area (Å²) >= 11 is 5.87. The number of methoxy groups -OCH3 is 1. The standard InChI is InChI=1S/C17H15ClO3/c1-11-3-5-12(6-4-11)15(19)8-7-13-9-14(18)16(20)10-17(13)21-2/h3-10,20H,1-2H3/b8-7+. The molecule has 0 unspecified atom stereocenters. The number of ether oxygens (including phenoxy) is 1. The van der Waals surface area contributed by atoms with Gasteiger partial charge < -0.3 is 9.84 Å². The molecule has 0 spiro atoms. The molecule has 0 aromatic heterocycles. The molecule has 4 heteroatoms. The van der Waals surface area contributed by atoms with Crippen LogP contribution in [-0.2, 0) is 0 Å². The van der Waals surface area contributed by atoms with Crippen LogP contribution in [0.4, 0.5) is 0 Å². The zero-order chi connectivity index (χ0) is 15.4. The van der Waals surface area contributed by atoms with Gasteiger partial charge in [-0.2, -0.15) is 0 Å². The highest BCUT2D eigenvalue weighted by atomic mass is 35.5. The number of hydrogen-bond acceptors (Lipinski definition) is 3. The molecule has 0 radical (unpaired) electrons. The van der Waals surface area contributed by atoms with Gasteiger partial charge in [0, 0.05) is 17.2 Å². The maximum Gasteiger partial charge on any atom is 0.185 e. The summed E-state index contributed by atoms with van der Waals surface area (Å²) in [5.41, 5.74) is 2.34. The Balaban J connectivity index is 2.26. The number of allylic oxidation sites excluding steroid dienone is 1. The summed E-state index contributed by atoms with van der Waals surface area (Å²) in [4.78, 5) is 12.1. The average Bonchev–Trinajstić information content (AvgIpc) is 2.48. The highest BCUT2D eigenvalue weighted by Crippen LogP contribution is 2.32. The molecule has 0 aliphatic rings. The van der Waals surface area contributed by atoms with Gasteiger partial charge in [0.25, 0.3) is 0 Å². The van der Waals surface area contributed by atoms with E-state index in [0.717, 1.165) is 5.56 Å². The predicted molar refractivity (Wildman–Crippen MR) is 84.2 cm³/mol. The molecule has 0 aliphatic carbocycles. The van der Waals surface area contributed by atoms with Gasteiger partial charge in [0.1, 0.15) is 11.5 Å². The maximum absolute atomic E-state index is 12.1. The van der Waals surface area contributed by atoms with E-state index in [2.05, 4.69) is 0 Å². The van der Waals surface area contributed by atoms with Crippen molar-refractivity contribution < 1.29 is 14.6 Å². The molecule has 108 valence electrons. The number of aryl methyl sites for hydroxylation is 1. The minimum absolute atomic E-state index is 0.0597. The summed E-state index contributed by atoms with van der Waals surface area (Å²) in [7, 11) is 1.49. The second kappa shape index (κ2) is 6.46. The molecule has 1 N–H and O–H groups in total. The van der Waals surface area contributed by atoms with Crippen molar-refractivity contribution in [2.75, 3.05) is 7.11 Å². The Morgan fingerprint density at radius 2 is 1.90 bits per heavy atom. The number of hydrogen-bond donors (Lipinski definition) is 1. The van der Waals surface area contributed by atoms with Crippen molar-refractivity contribution in [2.45, 2.75) is 6.92 Å². The van der Waals surface area contributed by atoms with Crippen molar-refractivity contribution in [3.8, 4) is 11.5 Å². The normalized spacial score (nSPS) is 10.8. The van der Waals surface area contributed by atoms with Gasteiger partial charge >= 0.3 is 0 Å². The van der Waals surface area contributed by atoms with Crippen LogP contribution in [0.1, 0.15) is 21.5 Å². The largest absolute Gasteiger partial charge is 0.506 e. The van der Waals surface area contributed by atoms with Crippen molar-refractivity contribution in [1.29, 1.82) is 0 Å². The lowest BCUT2D eigenvalue weighted by Crippen LogP contribution is -1.94. The fraction of sp³-hybridized carbons (Fsp3) is 0.118. The number of benzene rings is 2. The molecule has 2 aromatic rings. The number of halogens is 1. The minimum atomic E-state index is -0.110. The second-order valence-corrected chi connectivity index (χ2v) is 5.02. The van der Waals surface area contributed by atoms with E-state index in [0.29, 0.717) is 16.9 Å². The van der Waals surface area contributed by atoms with Gasteiger partial charge in [-0.3, -0.25) is 4.79 Å². The monoisotopic (exact) mass is 302 g/mol. The predicted octanol–water partition coefficient (Wildman–Crippen LogP) is 4.26. The molecule has 0 fully saturated rings. The third-order valence-corrected chi connectivity index (χ3v) is 3.35. The number of carbonyl (C=O) groups excluding carboxylic acids is 1. The molecule has 3 nitrogen and oxygen atoms in total. The van der Waals surface area contributed by atoms with Crippen LogP contribution < -0.4 is 4.74 Å². The van der Waals surface area contributed by atoms with Crippen LogP contribution in [0.15, 0.2) is 42.5 Å². The van der Waals surface area contributed by atoms with Gasteiger partial charge in [0.05, 0.1) is 12.1 Å². The summed E-state index contributed by atoms with van der Waals surface area (Å²) in [6.45, 7) is 1.97. The molecule has 21 heavy (non-hydrogen) atoms. The first-order valence-corrected chi connectivity index (χ1v) is 6.74. The Morgan fingerprint density at radius 3 is 2.52 bits per heavy atom. The topological polar surface area (TPSA) is 46.5 Å². The van der Waals surface area contributed by atoms with Crippen molar-refractivity contribution in [3.63, 3.8) is 0 Å². The van der Waals surface area contributed by atoms with Crippen LogP contribution in [0, 0.1) is 6.92 Å². The molecule has 2 aromatic carbocycles. The van der Waals surface area contributed by atoms with Crippen LogP contribution in [-0.4, -0.2) is 18.0 Å². The number of carbonyl (C=O) groups is 1. The smallest absolute Gasteiger partial charge is 0.185 e. The molecule has 0 amide bonds. The summed E-state index contributed by atoms with van der Waals surface area (Å²) in [5, 5.41) is 9.74. The number of phenols is 1. The molecule has 0 aliphatic heterocycles. The Kier molecular flexibility index (Phi) is 4.66. The SMILES string of the molecule is COc1cc(O)c(Cl)cc1/C=C/C(=O)c1ccc(C)cc1. The molecule has 0 atom stereocenters. The fourth-order valence-electron chi connectivity index (χ4n) is 1.84. The van der Waals surface area contributed by atoms with Crippen LogP contribution in [0.2, 0.25) is 5.02 Å². The first-order valence-electron chi connectivity index (χ1n) is 6.37. The summed E-state index contributed by atoms with van der Waals surface area (Å²) in [5.74, 6) is 0.279. The summed E-state index contributed by atoms with van der Waals surface area (Å²) in [6, 6.07) is 10.3. The van der Waals surface area contributed by atoms with Crippen LogP contribution >= 0.6 is 11.6 Å². The molecule has 2 rings (SSSR count). The third-order valence-electron chi connectivity index (χ3n) is 3.05. The average molecular weight is 303 g/mol. The van der Waals surface area contributed by atoms with E-state index >= 15 is 0 Å². The van der Waals surface area contributed by atoms with Gasteiger partial charge in [0.15, 0.2) is 5.78 Å². The van der Waals surface area contributed by atoms with Gasteiger partial charge in [-0.1, -0.05) is 41.4 Å². The Morgan fingerprint density at radius 1 is 1.24 bits per heavy atom. The molecule has 0 saturated heterocycles. The fourth-order valence-corrected chi connectivity index (χ4v) is 2.02. The number of ketones is 1. The lowest BCUT2D eigenvalue weighted by atomic mass is 10.1. The lowest BCUT2D eigenvalue weighted by Gasteiger charge is -2.06. The van der Waals surface area contributed by atoms with Crippen molar-refractivity contribution in [1.82, 2.24) is 0 Å². The van der Waals surface area contributed by atoms with E-state index in [9.17, 15) is 9.90 Å². The molecule has 0 heterocycles. The van der Waals surface area contributed by atoms with E-state index < -0.39 is 0 Å². The van der Waals surface area contributed by atoms with E-state index in [1.54, 1.807) is 24.3 Å². The van der Waals surface area contributed by atoms with E-state index in [1.807, 2.05) is 19.1 Å².